The molecule has 0 aliphatic rings. The minimum atomic E-state index is -0.298. The molecule has 0 atom stereocenters. The Balaban J connectivity index is 1.94. The highest BCUT2D eigenvalue weighted by atomic mass is 32.1. The summed E-state index contributed by atoms with van der Waals surface area (Å²) in [4.78, 5) is 26.5. The van der Waals surface area contributed by atoms with E-state index in [9.17, 15) is 9.59 Å². The van der Waals surface area contributed by atoms with Crippen molar-refractivity contribution in [1.29, 1.82) is 0 Å². The number of H-pyrrole nitrogens is 1. The minimum absolute atomic E-state index is 0.00482. The largest absolute Gasteiger partial charge is 0.348 e. The maximum absolute atomic E-state index is 12.5. The van der Waals surface area contributed by atoms with E-state index in [4.69, 9.17) is 0 Å². The zero-order valence-corrected chi connectivity index (χ0v) is 15.8. The molecule has 0 saturated carbocycles. The Morgan fingerprint density at radius 3 is 2.89 bits per heavy atom. The first kappa shape index (κ1) is 17.4. The predicted octanol–water partition coefficient (Wildman–Crippen LogP) is 2.48. The van der Waals surface area contributed by atoms with Crippen molar-refractivity contribution >= 4 is 39.5 Å². The van der Waals surface area contributed by atoms with E-state index in [2.05, 4.69) is 20.9 Å². The average Bonchev–Trinajstić information content (AvgIpc) is 3.34. The number of thiophene rings is 1. The molecule has 27 heavy (non-hydrogen) atoms. The van der Waals surface area contributed by atoms with Gasteiger partial charge in [0.25, 0.3) is 0 Å². The van der Waals surface area contributed by atoms with E-state index in [0.717, 1.165) is 27.7 Å². The highest BCUT2D eigenvalue weighted by molar-refractivity contribution is 7.08. The molecular formula is C19H19N5O2S. The number of amides is 1. The molecule has 0 aliphatic heterocycles. The van der Waals surface area contributed by atoms with Crippen LogP contribution < -0.4 is 15.9 Å². The van der Waals surface area contributed by atoms with Crippen molar-refractivity contribution in [2.75, 3.05) is 25.5 Å². The molecule has 0 fully saturated rings. The molecule has 0 aliphatic carbocycles. The highest BCUT2D eigenvalue weighted by Gasteiger charge is 2.18. The number of fused-ring (bicyclic) bond motifs is 3. The molecule has 8 heteroatoms. The van der Waals surface area contributed by atoms with E-state index in [1.807, 2.05) is 36.7 Å². The van der Waals surface area contributed by atoms with Crippen molar-refractivity contribution in [2.24, 2.45) is 0 Å². The second kappa shape index (κ2) is 6.98. The van der Waals surface area contributed by atoms with Gasteiger partial charge in [-0.15, -0.1) is 0 Å². The van der Waals surface area contributed by atoms with Gasteiger partial charge in [-0.25, -0.2) is 14.3 Å². The number of hydrogen-bond acceptors (Lipinski definition) is 5. The molecule has 1 aromatic carbocycles. The number of carbonyl (C=O) groups is 1. The number of anilines is 1. The lowest BCUT2D eigenvalue weighted by molar-refractivity contribution is -0.118. The third kappa shape index (κ3) is 3.02. The summed E-state index contributed by atoms with van der Waals surface area (Å²) in [6.07, 6.45) is 0.389. The number of nitrogens with one attached hydrogen (secondary N) is 2. The zero-order valence-electron chi connectivity index (χ0n) is 15.0. The molecular weight excluding hydrogens is 362 g/mol. The summed E-state index contributed by atoms with van der Waals surface area (Å²) in [6, 6.07) is 9.74. The molecule has 3 aromatic heterocycles. The van der Waals surface area contributed by atoms with Crippen molar-refractivity contribution in [1.82, 2.24) is 19.9 Å². The third-order valence-corrected chi connectivity index (χ3v) is 5.34. The maximum atomic E-state index is 12.5. The Kier molecular flexibility index (Phi) is 4.51. The summed E-state index contributed by atoms with van der Waals surface area (Å²) >= 11 is 1.62. The van der Waals surface area contributed by atoms with Crippen LogP contribution in [0.4, 0.5) is 5.69 Å². The van der Waals surface area contributed by atoms with Gasteiger partial charge in [0, 0.05) is 31.5 Å². The first-order chi connectivity index (χ1) is 13.1. The van der Waals surface area contributed by atoms with Crippen LogP contribution in [0.5, 0.6) is 0 Å². The first-order valence-electron chi connectivity index (χ1n) is 8.58. The van der Waals surface area contributed by atoms with Gasteiger partial charge in [-0.3, -0.25) is 4.79 Å². The normalized spacial score (nSPS) is 11.3. The lowest BCUT2D eigenvalue weighted by Gasteiger charge is -2.20. The number of aromatic amines is 1. The fourth-order valence-corrected chi connectivity index (χ4v) is 3.86. The molecule has 1 amide bonds. The van der Waals surface area contributed by atoms with Crippen LogP contribution in [-0.2, 0) is 4.79 Å². The van der Waals surface area contributed by atoms with Crippen LogP contribution in [0.25, 0.3) is 27.7 Å². The van der Waals surface area contributed by atoms with E-state index in [1.54, 1.807) is 33.8 Å². The van der Waals surface area contributed by atoms with Crippen molar-refractivity contribution < 1.29 is 4.79 Å². The molecule has 0 saturated heterocycles. The Hall–Kier alpha value is -2.97. The number of carbonyl (C=O) groups excluding carboxylic acids is 1. The van der Waals surface area contributed by atoms with Gasteiger partial charge >= 0.3 is 5.69 Å². The van der Waals surface area contributed by atoms with Crippen molar-refractivity contribution in [2.45, 2.75) is 6.42 Å². The quantitative estimate of drug-likeness (QED) is 0.556. The Morgan fingerprint density at radius 1 is 1.30 bits per heavy atom. The summed E-state index contributed by atoms with van der Waals surface area (Å²) in [5.41, 5.74) is 3.74. The Morgan fingerprint density at radius 2 is 2.15 bits per heavy atom. The number of benzene rings is 1. The summed E-state index contributed by atoms with van der Waals surface area (Å²) in [5, 5.41) is 14.5. The number of rotatable bonds is 5. The number of hydrogen-bond donors (Lipinski definition) is 2. The SMILES string of the molecule is CNCCC(=O)N(C)c1cc2n[nH]c(=O)n2c2cc(-c3ccsc3)ccc12. The summed E-state index contributed by atoms with van der Waals surface area (Å²) in [6.45, 7) is 0.605. The van der Waals surface area contributed by atoms with E-state index in [0.29, 0.717) is 18.6 Å². The lowest BCUT2D eigenvalue weighted by atomic mass is 10.0. The maximum Gasteiger partial charge on any atom is 0.348 e. The van der Waals surface area contributed by atoms with Crippen LogP contribution in [0.15, 0.2) is 45.9 Å². The van der Waals surface area contributed by atoms with Crippen LogP contribution in [0.3, 0.4) is 0 Å². The van der Waals surface area contributed by atoms with Crippen LogP contribution in [0.1, 0.15) is 6.42 Å². The smallest absolute Gasteiger partial charge is 0.319 e. The number of aromatic nitrogens is 3. The van der Waals surface area contributed by atoms with Gasteiger partial charge in [0.15, 0.2) is 5.65 Å². The summed E-state index contributed by atoms with van der Waals surface area (Å²) < 4.78 is 1.54. The molecule has 7 nitrogen and oxygen atoms in total. The van der Waals surface area contributed by atoms with E-state index >= 15 is 0 Å². The fraction of sp³-hybridized carbons (Fsp3) is 0.211. The molecule has 4 aromatic rings. The van der Waals surface area contributed by atoms with Crippen LogP contribution >= 0.6 is 11.3 Å². The van der Waals surface area contributed by atoms with E-state index in [-0.39, 0.29) is 11.6 Å². The molecule has 3 heterocycles. The molecule has 0 bridgehead atoms. The van der Waals surface area contributed by atoms with Gasteiger partial charge in [0.1, 0.15) is 0 Å². The number of nitrogens with zero attached hydrogens (tertiary/aromatic N) is 3. The van der Waals surface area contributed by atoms with Crippen LogP contribution in [0, 0.1) is 0 Å². The minimum Gasteiger partial charge on any atom is -0.319 e. The average molecular weight is 381 g/mol. The monoisotopic (exact) mass is 381 g/mol. The molecule has 0 spiro atoms. The second-order valence-corrected chi connectivity index (χ2v) is 7.08. The van der Waals surface area contributed by atoms with Gasteiger partial charge in [0.05, 0.1) is 11.2 Å². The van der Waals surface area contributed by atoms with E-state index in [1.165, 1.54) is 0 Å². The van der Waals surface area contributed by atoms with E-state index < -0.39 is 0 Å². The van der Waals surface area contributed by atoms with Gasteiger partial charge in [0.2, 0.25) is 5.91 Å². The highest BCUT2D eigenvalue weighted by Crippen LogP contribution is 2.32. The summed E-state index contributed by atoms with van der Waals surface area (Å²) in [5.74, 6) is -0.00482. The fourth-order valence-electron chi connectivity index (χ4n) is 3.19. The second-order valence-electron chi connectivity index (χ2n) is 6.30. The van der Waals surface area contributed by atoms with Gasteiger partial charge in [-0.1, -0.05) is 12.1 Å². The molecule has 0 unspecified atom stereocenters. The van der Waals surface area contributed by atoms with Crippen molar-refractivity contribution in [3.8, 4) is 11.1 Å². The Bertz CT molecular complexity index is 1180. The first-order valence-corrected chi connectivity index (χ1v) is 9.52. The van der Waals surface area contributed by atoms with Gasteiger partial charge < -0.3 is 10.2 Å². The standard InChI is InChI=1S/C19H19N5O2S/c1-20-7-5-18(25)23(2)15-10-17-21-22-19(26)24(17)16-9-12(3-4-14(15)16)13-6-8-27-11-13/h3-4,6,8-11,20H,5,7H2,1-2H3,(H,22,26). The summed E-state index contributed by atoms with van der Waals surface area (Å²) in [7, 11) is 3.57. The predicted molar refractivity (Wildman–Crippen MR) is 109 cm³/mol. The number of pyridine rings is 1. The van der Waals surface area contributed by atoms with Crippen LogP contribution in [-0.4, -0.2) is 41.1 Å². The molecule has 2 N–H and O–H groups in total. The topological polar surface area (TPSA) is 82.5 Å². The molecule has 138 valence electrons. The zero-order chi connectivity index (χ0) is 19.0. The van der Waals surface area contributed by atoms with Gasteiger partial charge in [-0.2, -0.15) is 16.4 Å². The van der Waals surface area contributed by atoms with Crippen molar-refractivity contribution in [3.63, 3.8) is 0 Å². The lowest BCUT2D eigenvalue weighted by Crippen LogP contribution is -2.29. The molecule has 0 radical (unpaired) electrons. The Labute approximate surface area is 159 Å². The third-order valence-electron chi connectivity index (χ3n) is 4.66. The van der Waals surface area contributed by atoms with Crippen LogP contribution in [0.2, 0.25) is 0 Å². The van der Waals surface area contributed by atoms with Gasteiger partial charge in [-0.05, 0) is 41.1 Å². The van der Waals surface area contributed by atoms with Crippen molar-refractivity contribution in [3.05, 3.63) is 51.6 Å². The molecule has 4 rings (SSSR count).